The van der Waals surface area contributed by atoms with Gasteiger partial charge in [-0.05, 0) is 57.5 Å². The smallest absolute Gasteiger partial charge is 0.272 e. The lowest BCUT2D eigenvalue weighted by atomic mass is 10.2. The minimum Gasteiger partial charge on any atom is -0.481 e. The van der Waals surface area contributed by atoms with E-state index in [2.05, 4.69) is 4.99 Å². The molecular weight excluding hydrogens is 276 g/mol. The quantitative estimate of drug-likeness (QED) is 0.870. The molecule has 0 N–H and O–H groups in total. The van der Waals surface area contributed by atoms with E-state index in [0.717, 1.165) is 5.56 Å². The third kappa shape index (κ3) is 4.07. The van der Waals surface area contributed by atoms with Crippen LogP contribution in [-0.2, 0) is 0 Å². The van der Waals surface area contributed by atoms with Crippen molar-refractivity contribution in [1.82, 2.24) is 4.57 Å². The third-order valence-electron chi connectivity index (χ3n) is 3.12. The Morgan fingerprint density at radius 1 is 1.14 bits per heavy atom. The van der Waals surface area contributed by atoms with Crippen LogP contribution in [0.3, 0.4) is 0 Å². The predicted octanol–water partition coefficient (Wildman–Crippen LogP) is 3.21. The Bertz CT molecular complexity index is 717. The van der Waals surface area contributed by atoms with Crippen molar-refractivity contribution in [2.45, 2.75) is 39.8 Å². The molecule has 1 atom stereocenters. The van der Waals surface area contributed by atoms with E-state index < -0.39 is 6.10 Å². The number of carbonyl (C=O) groups is 1. The Hall–Kier alpha value is -2.36. The minimum absolute atomic E-state index is 0.120. The van der Waals surface area contributed by atoms with Gasteiger partial charge in [0.15, 0.2) is 6.10 Å². The highest BCUT2D eigenvalue weighted by Crippen LogP contribution is 2.14. The van der Waals surface area contributed by atoms with Crippen LogP contribution in [0.1, 0.15) is 31.1 Å². The number of pyridine rings is 1. The van der Waals surface area contributed by atoms with Crippen LogP contribution < -0.4 is 10.2 Å². The molecular formula is C18H22N2O2. The standard InChI is InChI=1S/C18H22N2O2/c1-13(2)19-17-10-5-6-11-20(17)18(21)15(4)22-16-9-7-8-14(3)12-16/h5-13,15H,1-4H3. The number of rotatable bonds is 4. The fraction of sp³-hybridized carbons (Fsp3) is 0.333. The molecule has 0 spiro atoms. The molecule has 0 aliphatic rings. The van der Waals surface area contributed by atoms with Gasteiger partial charge in [-0.1, -0.05) is 18.2 Å². The summed E-state index contributed by atoms with van der Waals surface area (Å²) < 4.78 is 7.30. The maximum atomic E-state index is 12.6. The van der Waals surface area contributed by atoms with Gasteiger partial charge in [-0.25, -0.2) is 0 Å². The van der Waals surface area contributed by atoms with Crippen molar-refractivity contribution in [3.05, 3.63) is 59.7 Å². The normalized spacial score (nSPS) is 13.2. The van der Waals surface area contributed by atoms with Gasteiger partial charge in [0.05, 0.1) is 0 Å². The van der Waals surface area contributed by atoms with Crippen LogP contribution in [0.15, 0.2) is 53.7 Å². The second-order valence-electron chi connectivity index (χ2n) is 5.57. The fourth-order valence-corrected chi connectivity index (χ4v) is 2.13. The molecule has 0 fully saturated rings. The molecule has 1 heterocycles. The van der Waals surface area contributed by atoms with E-state index >= 15 is 0 Å². The van der Waals surface area contributed by atoms with Gasteiger partial charge in [-0.15, -0.1) is 0 Å². The molecule has 0 saturated carbocycles. The van der Waals surface area contributed by atoms with Gasteiger partial charge in [-0.2, -0.15) is 0 Å². The number of hydrogen-bond acceptors (Lipinski definition) is 3. The van der Waals surface area contributed by atoms with Crippen molar-refractivity contribution in [3.63, 3.8) is 0 Å². The number of carbonyl (C=O) groups excluding carboxylic acids is 1. The van der Waals surface area contributed by atoms with E-state index in [0.29, 0.717) is 11.2 Å². The summed E-state index contributed by atoms with van der Waals surface area (Å²) in [6.07, 6.45) is 1.13. The fourth-order valence-electron chi connectivity index (χ4n) is 2.13. The predicted molar refractivity (Wildman–Crippen MR) is 87.0 cm³/mol. The number of ether oxygens (including phenoxy) is 1. The van der Waals surface area contributed by atoms with Crippen molar-refractivity contribution in [2.24, 2.45) is 4.99 Å². The molecule has 4 heteroatoms. The van der Waals surface area contributed by atoms with Gasteiger partial charge in [0.2, 0.25) is 0 Å². The molecule has 4 nitrogen and oxygen atoms in total. The molecule has 1 aromatic carbocycles. The molecule has 0 saturated heterocycles. The van der Waals surface area contributed by atoms with Gasteiger partial charge in [0.1, 0.15) is 11.2 Å². The monoisotopic (exact) mass is 298 g/mol. The molecule has 22 heavy (non-hydrogen) atoms. The summed E-state index contributed by atoms with van der Waals surface area (Å²) >= 11 is 0. The summed E-state index contributed by atoms with van der Waals surface area (Å²) in [5, 5.41) is 0. The van der Waals surface area contributed by atoms with E-state index in [1.165, 1.54) is 0 Å². The first kappa shape index (κ1) is 16.0. The van der Waals surface area contributed by atoms with Gasteiger partial charge < -0.3 is 4.74 Å². The van der Waals surface area contributed by atoms with Crippen LogP contribution in [-0.4, -0.2) is 22.6 Å². The zero-order valence-corrected chi connectivity index (χ0v) is 13.5. The lowest BCUT2D eigenvalue weighted by Crippen LogP contribution is -2.36. The Kier molecular flexibility index (Phi) is 5.15. The molecule has 0 amide bonds. The van der Waals surface area contributed by atoms with Crippen molar-refractivity contribution >= 4 is 5.91 Å². The van der Waals surface area contributed by atoms with Crippen LogP contribution in [0.5, 0.6) is 5.75 Å². The number of hydrogen-bond donors (Lipinski definition) is 0. The van der Waals surface area contributed by atoms with Crippen molar-refractivity contribution < 1.29 is 9.53 Å². The van der Waals surface area contributed by atoms with Crippen LogP contribution in [0, 0.1) is 6.92 Å². The molecule has 1 aromatic heterocycles. The van der Waals surface area contributed by atoms with Crippen LogP contribution in [0.4, 0.5) is 0 Å². The van der Waals surface area contributed by atoms with E-state index in [1.54, 1.807) is 17.7 Å². The molecule has 2 rings (SSSR count). The van der Waals surface area contributed by atoms with Gasteiger partial charge >= 0.3 is 0 Å². The highest BCUT2D eigenvalue weighted by molar-refractivity contribution is 5.83. The summed E-state index contributed by atoms with van der Waals surface area (Å²) in [5.41, 5.74) is 1.74. The Labute approximate surface area is 131 Å². The average Bonchev–Trinajstić information content (AvgIpc) is 2.46. The van der Waals surface area contributed by atoms with Crippen LogP contribution in [0.25, 0.3) is 0 Å². The molecule has 0 radical (unpaired) electrons. The average molecular weight is 298 g/mol. The molecule has 0 bridgehead atoms. The summed E-state index contributed by atoms with van der Waals surface area (Å²) in [6.45, 7) is 7.71. The second-order valence-corrected chi connectivity index (χ2v) is 5.57. The minimum atomic E-state index is -0.588. The Morgan fingerprint density at radius 3 is 2.59 bits per heavy atom. The van der Waals surface area contributed by atoms with E-state index in [-0.39, 0.29) is 11.9 Å². The summed E-state index contributed by atoms with van der Waals surface area (Å²) in [5.74, 6) is 0.557. The largest absolute Gasteiger partial charge is 0.481 e. The van der Waals surface area contributed by atoms with Crippen LogP contribution in [0.2, 0.25) is 0 Å². The lowest BCUT2D eigenvalue weighted by molar-refractivity contribution is 0.0721. The first-order valence-electron chi connectivity index (χ1n) is 7.46. The number of aromatic nitrogens is 1. The highest BCUT2D eigenvalue weighted by atomic mass is 16.5. The molecule has 116 valence electrons. The SMILES string of the molecule is Cc1cccc(OC(C)C(=O)n2ccccc2=NC(C)C)c1. The zero-order valence-electron chi connectivity index (χ0n) is 13.5. The Morgan fingerprint density at radius 2 is 1.91 bits per heavy atom. The van der Waals surface area contributed by atoms with Crippen molar-refractivity contribution in [1.29, 1.82) is 0 Å². The van der Waals surface area contributed by atoms with Crippen LogP contribution >= 0.6 is 0 Å². The topological polar surface area (TPSA) is 43.6 Å². The van der Waals surface area contributed by atoms with Crippen molar-refractivity contribution in [2.75, 3.05) is 0 Å². The zero-order chi connectivity index (χ0) is 16.1. The van der Waals surface area contributed by atoms with Gasteiger partial charge in [0.25, 0.3) is 5.91 Å². The van der Waals surface area contributed by atoms with Crippen molar-refractivity contribution in [3.8, 4) is 5.75 Å². The molecule has 2 aromatic rings. The van der Waals surface area contributed by atoms with E-state index in [9.17, 15) is 4.79 Å². The Balaban J connectivity index is 2.25. The van der Waals surface area contributed by atoms with Gasteiger partial charge in [-0.3, -0.25) is 14.4 Å². The molecule has 0 aliphatic heterocycles. The summed E-state index contributed by atoms with van der Waals surface area (Å²) in [7, 11) is 0. The maximum absolute atomic E-state index is 12.6. The first-order chi connectivity index (χ1) is 10.5. The van der Waals surface area contributed by atoms with E-state index in [4.69, 9.17) is 4.74 Å². The summed E-state index contributed by atoms with van der Waals surface area (Å²) in [4.78, 5) is 17.1. The third-order valence-corrected chi connectivity index (χ3v) is 3.12. The van der Waals surface area contributed by atoms with Gasteiger partial charge in [0, 0.05) is 12.2 Å². The second kappa shape index (κ2) is 7.07. The number of aryl methyl sites for hydroxylation is 1. The number of nitrogens with zero attached hydrogens (tertiary/aromatic N) is 2. The molecule has 1 unspecified atom stereocenters. The van der Waals surface area contributed by atoms with E-state index in [1.807, 2.05) is 63.2 Å². The highest BCUT2D eigenvalue weighted by Gasteiger charge is 2.17. The molecule has 0 aliphatic carbocycles. The first-order valence-corrected chi connectivity index (χ1v) is 7.46. The maximum Gasteiger partial charge on any atom is 0.272 e. The lowest BCUT2D eigenvalue weighted by Gasteiger charge is -2.16. The number of benzene rings is 1. The summed E-state index contributed by atoms with van der Waals surface area (Å²) in [6, 6.07) is 13.3.